The zero-order valence-electron chi connectivity index (χ0n) is 15.9. The van der Waals surface area contributed by atoms with Crippen molar-refractivity contribution in [1.29, 1.82) is 0 Å². The summed E-state index contributed by atoms with van der Waals surface area (Å²) in [7, 11) is 0. The Morgan fingerprint density at radius 2 is 1.64 bits per heavy atom. The molecular weight excluding hydrogens is 323 g/mol. The average Bonchev–Trinajstić information content (AvgIpc) is 2.43. The van der Waals surface area contributed by atoms with Gasteiger partial charge in [-0.3, -0.25) is 9.59 Å². The maximum Gasteiger partial charge on any atom is 0.306 e. The van der Waals surface area contributed by atoms with Crippen molar-refractivity contribution in [2.24, 2.45) is 5.73 Å². The van der Waals surface area contributed by atoms with Crippen LogP contribution in [0.4, 0.5) is 10.1 Å². The smallest absolute Gasteiger partial charge is 0.306 e. The molecule has 0 heterocycles. The normalized spacial score (nSPS) is 13.3. The summed E-state index contributed by atoms with van der Waals surface area (Å²) in [6, 6.07) is 4.83. The van der Waals surface area contributed by atoms with Crippen LogP contribution in [0.1, 0.15) is 54.4 Å². The van der Waals surface area contributed by atoms with Crippen LogP contribution in [0.15, 0.2) is 24.3 Å². The minimum Gasteiger partial charge on any atom is -0.460 e. The van der Waals surface area contributed by atoms with Crippen molar-refractivity contribution in [3.8, 4) is 0 Å². The molecule has 25 heavy (non-hydrogen) atoms. The number of amides is 1. The first-order valence-corrected chi connectivity index (χ1v) is 8.38. The SMILES string of the molecule is CC(C)(C)OC(=O)CCC(N)C(=O)N(c1ccc(F)cc1)C(C)(C)C. The van der Waals surface area contributed by atoms with Crippen LogP contribution in [-0.4, -0.2) is 29.1 Å². The first-order valence-electron chi connectivity index (χ1n) is 8.38. The second-order valence-electron chi connectivity index (χ2n) is 8.05. The van der Waals surface area contributed by atoms with Crippen LogP contribution in [0.3, 0.4) is 0 Å². The lowest BCUT2D eigenvalue weighted by molar-refractivity contribution is -0.155. The van der Waals surface area contributed by atoms with E-state index >= 15 is 0 Å². The molecule has 0 aliphatic carbocycles. The van der Waals surface area contributed by atoms with Gasteiger partial charge < -0.3 is 15.4 Å². The van der Waals surface area contributed by atoms with Gasteiger partial charge in [0.2, 0.25) is 5.91 Å². The summed E-state index contributed by atoms with van der Waals surface area (Å²) >= 11 is 0. The van der Waals surface area contributed by atoms with E-state index in [-0.39, 0.29) is 30.5 Å². The van der Waals surface area contributed by atoms with E-state index in [2.05, 4.69) is 0 Å². The number of halogens is 1. The molecule has 0 fully saturated rings. The van der Waals surface area contributed by atoms with Crippen molar-refractivity contribution in [3.05, 3.63) is 30.1 Å². The molecule has 0 bridgehead atoms. The molecule has 1 aromatic rings. The van der Waals surface area contributed by atoms with E-state index in [0.29, 0.717) is 5.69 Å². The molecule has 1 aromatic carbocycles. The highest BCUT2D eigenvalue weighted by molar-refractivity contribution is 5.98. The Morgan fingerprint density at radius 1 is 1.12 bits per heavy atom. The largest absolute Gasteiger partial charge is 0.460 e. The number of benzene rings is 1. The monoisotopic (exact) mass is 352 g/mol. The van der Waals surface area contributed by atoms with E-state index in [9.17, 15) is 14.0 Å². The number of nitrogens with two attached hydrogens (primary N) is 1. The first-order chi connectivity index (χ1) is 11.3. The molecule has 140 valence electrons. The fourth-order valence-corrected chi connectivity index (χ4v) is 2.39. The first kappa shape index (κ1) is 21.1. The number of carbonyl (C=O) groups excluding carboxylic acids is 2. The third-order valence-corrected chi connectivity index (χ3v) is 3.37. The number of hydrogen-bond donors (Lipinski definition) is 1. The van der Waals surface area contributed by atoms with Gasteiger partial charge in [-0.25, -0.2) is 4.39 Å². The molecule has 0 aliphatic rings. The summed E-state index contributed by atoms with van der Waals surface area (Å²) in [5.41, 5.74) is 5.47. The fourth-order valence-electron chi connectivity index (χ4n) is 2.39. The summed E-state index contributed by atoms with van der Waals surface area (Å²) in [5.74, 6) is -1.08. The highest BCUT2D eigenvalue weighted by atomic mass is 19.1. The number of esters is 1. The lowest BCUT2D eigenvalue weighted by Gasteiger charge is -2.37. The third-order valence-electron chi connectivity index (χ3n) is 3.37. The van der Waals surface area contributed by atoms with Crippen LogP contribution in [0.5, 0.6) is 0 Å². The van der Waals surface area contributed by atoms with Crippen molar-refractivity contribution in [2.45, 2.75) is 71.6 Å². The molecule has 1 atom stereocenters. The van der Waals surface area contributed by atoms with E-state index in [0.717, 1.165) is 0 Å². The molecule has 1 unspecified atom stereocenters. The van der Waals surface area contributed by atoms with Gasteiger partial charge in [-0.1, -0.05) is 0 Å². The Kier molecular flexibility index (Phi) is 6.71. The van der Waals surface area contributed by atoms with Crippen LogP contribution >= 0.6 is 0 Å². The van der Waals surface area contributed by atoms with Crippen molar-refractivity contribution in [3.63, 3.8) is 0 Å². The molecule has 0 aromatic heterocycles. The average molecular weight is 352 g/mol. The Morgan fingerprint density at radius 3 is 2.08 bits per heavy atom. The lowest BCUT2D eigenvalue weighted by Crippen LogP contribution is -2.52. The minimum atomic E-state index is -0.850. The lowest BCUT2D eigenvalue weighted by atomic mass is 10.0. The number of ether oxygens (including phenoxy) is 1. The van der Waals surface area contributed by atoms with E-state index < -0.39 is 17.2 Å². The van der Waals surface area contributed by atoms with E-state index in [1.165, 1.54) is 17.0 Å². The summed E-state index contributed by atoms with van der Waals surface area (Å²) in [5, 5.41) is 0. The minimum absolute atomic E-state index is 0.0611. The van der Waals surface area contributed by atoms with Crippen LogP contribution in [0.25, 0.3) is 0 Å². The summed E-state index contributed by atoms with van der Waals surface area (Å²) in [6.45, 7) is 11.0. The van der Waals surface area contributed by atoms with Gasteiger partial charge >= 0.3 is 5.97 Å². The molecule has 6 heteroatoms. The van der Waals surface area contributed by atoms with E-state index in [1.807, 2.05) is 20.8 Å². The summed E-state index contributed by atoms with van der Waals surface area (Å²) < 4.78 is 18.4. The molecule has 1 rings (SSSR count). The van der Waals surface area contributed by atoms with Gasteiger partial charge in [0.15, 0.2) is 0 Å². The molecule has 0 saturated carbocycles. The van der Waals surface area contributed by atoms with Gasteiger partial charge in [0.1, 0.15) is 11.4 Å². The Balaban J connectivity index is 2.84. The fraction of sp³-hybridized carbons (Fsp3) is 0.579. The van der Waals surface area contributed by atoms with Crippen molar-refractivity contribution >= 4 is 17.6 Å². The number of carbonyl (C=O) groups is 2. The third kappa shape index (κ3) is 6.82. The predicted molar refractivity (Wildman–Crippen MR) is 96.7 cm³/mol. The quantitative estimate of drug-likeness (QED) is 0.824. The van der Waals surface area contributed by atoms with E-state index in [4.69, 9.17) is 10.5 Å². The molecule has 0 spiro atoms. The van der Waals surface area contributed by atoms with Crippen molar-refractivity contribution in [2.75, 3.05) is 4.90 Å². The Labute approximate surface area is 149 Å². The molecule has 2 N–H and O–H groups in total. The molecular formula is C19H29FN2O3. The van der Waals surface area contributed by atoms with Gasteiger partial charge in [-0.15, -0.1) is 0 Å². The van der Waals surface area contributed by atoms with E-state index in [1.54, 1.807) is 32.9 Å². The predicted octanol–water partition coefficient (Wildman–Crippen LogP) is 3.41. The number of rotatable bonds is 5. The Hall–Kier alpha value is -1.95. The molecule has 0 aliphatic heterocycles. The highest BCUT2D eigenvalue weighted by Gasteiger charge is 2.32. The molecule has 5 nitrogen and oxygen atoms in total. The Bertz CT molecular complexity index is 601. The van der Waals surface area contributed by atoms with Gasteiger partial charge in [0.25, 0.3) is 0 Å². The van der Waals surface area contributed by atoms with Crippen molar-refractivity contribution in [1.82, 2.24) is 0 Å². The standard InChI is InChI=1S/C19H29FN2O3/c1-18(2,3)22(14-9-7-13(20)8-10-14)17(24)15(21)11-12-16(23)25-19(4,5)6/h7-10,15H,11-12,21H2,1-6H3. The van der Waals surface area contributed by atoms with Crippen LogP contribution in [-0.2, 0) is 14.3 Å². The highest BCUT2D eigenvalue weighted by Crippen LogP contribution is 2.25. The number of nitrogens with zero attached hydrogens (tertiary/aromatic N) is 1. The van der Waals surface area contributed by atoms with Gasteiger partial charge in [0.05, 0.1) is 6.04 Å². The zero-order valence-corrected chi connectivity index (χ0v) is 15.9. The maximum absolute atomic E-state index is 13.2. The molecule has 1 amide bonds. The van der Waals surface area contributed by atoms with Gasteiger partial charge in [-0.2, -0.15) is 0 Å². The van der Waals surface area contributed by atoms with Crippen LogP contribution < -0.4 is 10.6 Å². The van der Waals surface area contributed by atoms with Gasteiger partial charge in [0, 0.05) is 17.6 Å². The van der Waals surface area contributed by atoms with Crippen LogP contribution in [0.2, 0.25) is 0 Å². The summed E-state index contributed by atoms with van der Waals surface area (Å²) in [6.07, 6.45) is 0.243. The maximum atomic E-state index is 13.2. The van der Waals surface area contributed by atoms with Crippen molar-refractivity contribution < 1.29 is 18.7 Å². The second-order valence-corrected chi connectivity index (χ2v) is 8.05. The zero-order chi connectivity index (χ0) is 19.4. The molecule has 0 saturated heterocycles. The topological polar surface area (TPSA) is 72.6 Å². The van der Waals surface area contributed by atoms with Gasteiger partial charge in [-0.05, 0) is 72.2 Å². The number of anilines is 1. The van der Waals surface area contributed by atoms with Crippen LogP contribution in [0, 0.1) is 5.82 Å². The second kappa shape index (κ2) is 7.95. The summed E-state index contributed by atoms with van der Waals surface area (Å²) in [4.78, 5) is 26.2. The molecule has 0 radical (unpaired) electrons. The number of hydrogen-bond acceptors (Lipinski definition) is 4.